The average Bonchev–Trinajstić information content (AvgIpc) is 2.46. The van der Waals surface area contributed by atoms with Gasteiger partial charge in [0.05, 0.1) is 0 Å². The Morgan fingerprint density at radius 2 is 1.79 bits per heavy atom. The highest BCUT2D eigenvalue weighted by molar-refractivity contribution is 5.79. The van der Waals surface area contributed by atoms with Crippen molar-refractivity contribution in [2.45, 2.75) is 6.92 Å². The zero-order valence-corrected chi connectivity index (χ0v) is 10.7. The molecule has 0 amide bonds. The molecule has 1 aliphatic rings. The van der Waals surface area contributed by atoms with Gasteiger partial charge in [-0.15, -0.1) is 0 Å². The standard InChI is InChI=1S/C16H14O3/c1-11-8-12(10-17)2-4-14(11)13-3-5-15-16(9-13)19-7-6-18-15/h2-5,8-10H,6-7H2,1H3. The first kappa shape index (κ1) is 11.8. The van der Waals surface area contributed by atoms with E-state index in [2.05, 4.69) is 0 Å². The molecule has 0 atom stereocenters. The van der Waals surface area contributed by atoms with E-state index in [0.29, 0.717) is 18.8 Å². The maximum Gasteiger partial charge on any atom is 0.161 e. The Bertz CT molecular complexity index is 632. The van der Waals surface area contributed by atoms with Gasteiger partial charge in [0.15, 0.2) is 11.5 Å². The molecule has 2 aromatic rings. The zero-order valence-electron chi connectivity index (χ0n) is 10.7. The molecule has 0 saturated carbocycles. The van der Waals surface area contributed by atoms with Gasteiger partial charge < -0.3 is 9.47 Å². The maximum absolute atomic E-state index is 10.8. The van der Waals surface area contributed by atoms with Crippen molar-refractivity contribution in [2.75, 3.05) is 13.2 Å². The molecule has 0 bridgehead atoms. The van der Waals surface area contributed by atoms with Crippen LogP contribution in [0.5, 0.6) is 11.5 Å². The Hall–Kier alpha value is -2.29. The number of fused-ring (bicyclic) bond motifs is 1. The third kappa shape index (κ3) is 2.19. The first-order chi connectivity index (χ1) is 9.28. The highest BCUT2D eigenvalue weighted by atomic mass is 16.6. The number of carbonyl (C=O) groups is 1. The smallest absolute Gasteiger partial charge is 0.161 e. The normalized spacial score (nSPS) is 13.1. The minimum Gasteiger partial charge on any atom is -0.486 e. The molecule has 0 aliphatic carbocycles. The Balaban J connectivity index is 2.04. The van der Waals surface area contributed by atoms with E-state index in [9.17, 15) is 4.79 Å². The molecule has 0 unspecified atom stereocenters. The Labute approximate surface area is 111 Å². The Morgan fingerprint density at radius 1 is 1.00 bits per heavy atom. The van der Waals surface area contributed by atoms with Crippen LogP contribution < -0.4 is 9.47 Å². The van der Waals surface area contributed by atoms with E-state index in [4.69, 9.17) is 9.47 Å². The number of hydrogen-bond acceptors (Lipinski definition) is 3. The number of aryl methyl sites for hydroxylation is 1. The van der Waals surface area contributed by atoms with Crippen LogP contribution in [0.25, 0.3) is 11.1 Å². The molecule has 96 valence electrons. The van der Waals surface area contributed by atoms with Gasteiger partial charge >= 0.3 is 0 Å². The number of carbonyl (C=O) groups excluding carboxylic acids is 1. The monoisotopic (exact) mass is 254 g/mol. The first-order valence-corrected chi connectivity index (χ1v) is 6.24. The highest BCUT2D eigenvalue weighted by Gasteiger charge is 2.13. The molecule has 3 rings (SSSR count). The van der Waals surface area contributed by atoms with E-state index in [1.165, 1.54) is 0 Å². The predicted molar refractivity (Wildman–Crippen MR) is 73.0 cm³/mol. The lowest BCUT2D eigenvalue weighted by Crippen LogP contribution is -2.15. The van der Waals surface area contributed by atoms with Gasteiger partial charge in [-0.2, -0.15) is 0 Å². The van der Waals surface area contributed by atoms with Gasteiger partial charge in [0, 0.05) is 5.56 Å². The minimum atomic E-state index is 0.583. The molecule has 3 nitrogen and oxygen atoms in total. The lowest BCUT2D eigenvalue weighted by molar-refractivity contribution is 0.112. The predicted octanol–water partition coefficient (Wildman–Crippen LogP) is 3.25. The summed E-state index contributed by atoms with van der Waals surface area (Å²) in [4.78, 5) is 10.8. The van der Waals surface area contributed by atoms with Crippen molar-refractivity contribution in [3.8, 4) is 22.6 Å². The summed E-state index contributed by atoms with van der Waals surface area (Å²) in [6, 6.07) is 11.6. The number of benzene rings is 2. The summed E-state index contributed by atoms with van der Waals surface area (Å²) in [5, 5.41) is 0. The van der Waals surface area contributed by atoms with E-state index >= 15 is 0 Å². The van der Waals surface area contributed by atoms with E-state index in [1.807, 2.05) is 43.3 Å². The van der Waals surface area contributed by atoms with Crippen LogP contribution in [0.4, 0.5) is 0 Å². The topological polar surface area (TPSA) is 35.5 Å². The van der Waals surface area contributed by atoms with E-state index in [1.54, 1.807) is 0 Å². The van der Waals surface area contributed by atoms with Crippen LogP contribution in [0.3, 0.4) is 0 Å². The summed E-state index contributed by atoms with van der Waals surface area (Å²) >= 11 is 0. The van der Waals surface area contributed by atoms with Crippen LogP contribution in [0, 0.1) is 6.92 Å². The molecule has 0 spiro atoms. The third-order valence-electron chi connectivity index (χ3n) is 3.24. The number of rotatable bonds is 2. The second kappa shape index (κ2) is 4.76. The molecule has 19 heavy (non-hydrogen) atoms. The van der Waals surface area contributed by atoms with Crippen molar-refractivity contribution in [1.29, 1.82) is 0 Å². The molecule has 0 N–H and O–H groups in total. The Morgan fingerprint density at radius 3 is 2.53 bits per heavy atom. The van der Waals surface area contributed by atoms with Crippen LogP contribution in [-0.2, 0) is 0 Å². The van der Waals surface area contributed by atoms with Crippen LogP contribution in [0.15, 0.2) is 36.4 Å². The van der Waals surface area contributed by atoms with Crippen molar-refractivity contribution < 1.29 is 14.3 Å². The van der Waals surface area contributed by atoms with Crippen molar-refractivity contribution in [2.24, 2.45) is 0 Å². The molecule has 0 radical (unpaired) electrons. The van der Waals surface area contributed by atoms with Crippen molar-refractivity contribution in [1.82, 2.24) is 0 Å². The third-order valence-corrected chi connectivity index (χ3v) is 3.24. The van der Waals surface area contributed by atoms with Crippen LogP contribution in [0.2, 0.25) is 0 Å². The molecule has 0 saturated heterocycles. The molecule has 0 aromatic heterocycles. The summed E-state index contributed by atoms with van der Waals surface area (Å²) in [5.74, 6) is 1.57. The lowest BCUT2D eigenvalue weighted by atomic mass is 9.98. The van der Waals surface area contributed by atoms with Crippen LogP contribution >= 0.6 is 0 Å². The fraction of sp³-hybridized carbons (Fsp3) is 0.188. The average molecular weight is 254 g/mol. The summed E-state index contributed by atoms with van der Waals surface area (Å²) in [5.41, 5.74) is 3.93. The molecule has 0 fully saturated rings. The summed E-state index contributed by atoms with van der Waals surface area (Å²) in [6.07, 6.45) is 0.862. The highest BCUT2D eigenvalue weighted by Crippen LogP contribution is 2.35. The molecule has 1 heterocycles. The Kier molecular flexibility index (Phi) is 2.95. The molecule has 2 aromatic carbocycles. The molecule has 3 heteroatoms. The van der Waals surface area contributed by atoms with E-state index < -0.39 is 0 Å². The lowest BCUT2D eigenvalue weighted by Gasteiger charge is -2.19. The first-order valence-electron chi connectivity index (χ1n) is 6.24. The molecular weight excluding hydrogens is 240 g/mol. The van der Waals surface area contributed by atoms with Gasteiger partial charge in [0.1, 0.15) is 19.5 Å². The van der Waals surface area contributed by atoms with Gasteiger partial charge in [0.2, 0.25) is 0 Å². The fourth-order valence-corrected chi connectivity index (χ4v) is 2.29. The van der Waals surface area contributed by atoms with E-state index in [0.717, 1.165) is 34.5 Å². The second-order valence-corrected chi connectivity index (χ2v) is 4.55. The molecule has 1 aliphatic heterocycles. The fourth-order valence-electron chi connectivity index (χ4n) is 2.29. The summed E-state index contributed by atoms with van der Waals surface area (Å²) in [7, 11) is 0. The number of hydrogen-bond donors (Lipinski definition) is 0. The van der Waals surface area contributed by atoms with Gasteiger partial charge in [-0.05, 0) is 41.8 Å². The van der Waals surface area contributed by atoms with Gasteiger partial charge in [-0.25, -0.2) is 0 Å². The van der Waals surface area contributed by atoms with E-state index in [-0.39, 0.29) is 0 Å². The number of aldehydes is 1. The van der Waals surface area contributed by atoms with Gasteiger partial charge in [-0.3, -0.25) is 4.79 Å². The van der Waals surface area contributed by atoms with Crippen molar-refractivity contribution in [3.05, 3.63) is 47.5 Å². The largest absolute Gasteiger partial charge is 0.486 e. The minimum absolute atomic E-state index is 0.583. The SMILES string of the molecule is Cc1cc(C=O)ccc1-c1ccc2c(c1)OCCO2. The van der Waals surface area contributed by atoms with Crippen LogP contribution in [0.1, 0.15) is 15.9 Å². The van der Waals surface area contributed by atoms with Gasteiger partial charge in [-0.1, -0.05) is 18.2 Å². The van der Waals surface area contributed by atoms with Gasteiger partial charge in [0.25, 0.3) is 0 Å². The number of ether oxygens (including phenoxy) is 2. The van der Waals surface area contributed by atoms with Crippen LogP contribution in [-0.4, -0.2) is 19.5 Å². The zero-order chi connectivity index (χ0) is 13.2. The quantitative estimate of drug-likeness (QED) is 0.772. The summed E-state index contributed by atoms with van der Waals surface area (Å²) in [6.45, 7) is 3.18. The summed E-state index contributed by atoms with van der Waals surface area (Å²) < 4.78 is 11.1. The van der Waals surface area contributed by atoms with Crippen molar-refractivity contribution in [3.63, 3.8) is 0 Å². The molecular formula is C16H14O3. The maximum atomic E-state index is 10.8. The van der Waals surface area contributed by atoms with Crippen molar-refractivity contribution >= 4 is 6.29 Å². The second-order valence-electron chi connectivity index (χ2n) is 4.55.